The molecule has 1 aromatic heterocycles. The Morgan fingerprint density at radius 2 is 1.76 bits per heavy atom. The second-order valence-corrected chi connectivity index (χ2v) is 9.45. The van der Waals surface area contributed by atoms with Gasteiger partial charge in [0.1, 0.15) is 5.75 Å². The number of rotatable bonds is 10. The molecule has 0 saturated carbocycles. The number of amides is 2. The number of halogens is 1. The van der Waals surface area contributed by atoms with Crippen LogP contribution in [0.1, 0.15) is 31.2 Å². The van der Waals surface area contributed by atoms with Crippen molar-refractivity contribution in [3.8, 4) is 5.75 Å². The van der Waals surface area contributed by atoms with Crippen LogP contribution in [0.25, 0.3) is 0 Å². The molecule has 0 aliphatic carbocycles. The number of carbonyl (C=O) groups is 2. The maximum atomic E-state index is 12.2. The topological polar surface area (TPSA) is 98.1 Å². The molecule has 2 amide bonds. The molecule has 0 unspecified atom stereocenters. The average molecular weight is 532 g/mol. The molecular formula is C23H26BrN5O3S. The molecule has 0 bridgehead atoms. The minimum absolute atomic E-state index is 0.0866. The van der Waals surface area contributed by atoms with E-state index in [2.05, 4.69) is 50.6 Å². The summed E-state index contributed by atoms with van der Waals surface area (Å²) in [6.45, 7) is 4.37. The molecule has 3 aromatic rings. The minimum Gasteiger partial charge on any atom is -0.484 e. The number of hydrogen-bond donors (Lipinski definition) is 2. The van der Waals surface area contributed by atoms with E-state index >= 15 is 0 Å². The van der Waals surface area contributed by atoms with Gasteiger partial charge in [0.2, 0.25) is 5.91 Å². The fraction of sp³-hybridized carbons (Fsp3) is 0.304. The van der Waals surface area contributed by atoms with Gasteiger partial charge in [0.15, 0.2) is 17.6 Å². The van der Waals surface area contributed by atoms with Crippen molar-refractivity contribution in [2.24, 2.45) is 7.05 Å². The zero-order chi connectivity index (χ0) is 23.8. The first-order valence-electron chi connectivity index (χ1n) is 10.4. The predicted molar refractivity (Wildman–Crippen MR) is 132 cm³/mol. The molecule has 1 heterocycles. The van der Waals surface area contributed by atoms with Gasteiger partial charge in [0.05, 0.1) is 12.3 Å². The molecule has 0 spiro atoms. The van der Waals surface area contributed by atoms with Crippen LogP contribution < -0.4 is 15.4 Å². The Hall–Kier alpha value is -2.85. The molecular weight excluding hydrogens is 506 g/mol. The molecule has 0 fully saturated rings. The van der Waals surface area contributed by atoms with Crippen molar-refractivity contribution in [3.63, 3.8) is 0 Å². The van der Waals surface area contributed by atoms with Gasteiger partial charge in [-0.2, -0.15) is 0 Å². The van der Waals surface area contributed by atoms with Crippen LogP contribution in [-0.2, 0) is 23.2 Å². The number of anilines is 1. The van der Waals surface area contributed by atoms with Crippen LogP contribution in [0.3, 0.4) is 0 Å². The van der Waals surface area contributed by atoms with Gasteiger partial charge in [-0.15, -0.1) is 10.2 Å². The van der Waals surface area contributed by atoms with Crippen molar-refractivity contribution in [2.75, 3.05) is 17.7 Å². The Labute approximate surface area is 205 Å². The summed E-state index contributed by atoms with van der Waals surface area (Å²) in [4.78, 5) is 24.3. The summed E-state index contributed by atoms with van der Waals surface area (Å²) in [5, 5.41) is 14.4. The lowest BCUT2D eigenvalue weighted by Crippen LogP contribution is -2.29. The summed E-state index contributed by atoms with van der Waals surface area (Å²) >= 11 is 4.64. The van der Waals surface area contributed by atoms with Gasteiger partial charge in [0, 0.05) is 17.2 Å². The monoisotopic (exact) mass is 531 g/mol. The van der Waals surface area contributed by atoms with E-state index in [4.69, 9.17) is 4.74 Å². The van der Waals surface area contributed by atoms with Crippen LogP contribution in [0, 0.1) is 0 Å². The largest absolute Gasteiger partial charge is 0.484 e. The number of carbonyl (C=O) groups excluding carboxylic acids is 2. The van der Waals surface area contributed by atoms with Gasteiger partial charge in [-0.1, -0.05) is 53.7 Å². The highest BCUT2D eigenvalue weighted by Crippen LogP contribution is 2.19. The van der Waals surface area contributed by atoms with Gasteiger partial charge in [0.25, 0.3) is 5.91 Å². The number of ether oxygens (including phenoxy) is 1. The first-order valence-corrected chi connectivity index (χ1v) is 12.2. The Morgan fingerprint density at radius 1 is 1.06 bits per heavy atom. The summed E-state index contributed by atoms with van der Waals surface area (Å²) < 4.78 is 8.24. The van der Waals surface area contributed by atoms with E-state index in [1.165, 1.54) is 17.3 Å². The standard InChI is InChI=1S/C23H26BrN5O3S/c1-15(2)16-4-10-19(11-5-16)32-13-21(30)25-12-20-27-28-23(29(20)3)33-14-22(31)26-18-8-6-17(24)7-9-18/h4-11,15H,12-14H2,1-3H3,(H,25,30)(H,26,31). The van der Waals surface area contributed by atoms with Crippen LogP contribution in [0.5, 0.6) is 5.75 Å². The lowest BCUT2D eigenvalue weighted by Gasteiger charge is -2.09. The lowest BCUT2D eigenvalue weighted by molar-refractivity contribution is -0.123. The Bertz CT molecular complexity index is 1080. The summed E-state index contributed by atoms with van der Waals surface area (Å²) in [5.74, 6) is 1.47. The lowest BCUT2D eigenvalue weighted by atomic mass is 10.0. The molecule has 33 heavy (non-hydrogen) atoms. The molecule has 0 aliphatic rings. The molecule has 2 N–H and O–H groups in total. The summed E-state index contributed by atoms with van der Waals surface area (Å²) in [7, 11) is 1.79. The Morgan fingerprint density at radius 3 is 2.42 bits per heavy atom. The zero-order valence-corrected chi connectivity index (χ0v) is 21.1. The van der Waals surface area contributed by atoms with Crippen molar-refractivity contribution < 1.29 is 14.3 Å². The van der Waals surface area contributed by atoms with E-state index in [9.17, 15) is 9.59 Å². The third-order valence-corrected chi connectivity index (χ3v) is 6.29. The van der Waals surface area contributed by atoms with E-state index in [1.54, 1.807) is 11.6 Å². The van der Waals surface area contributed by atoms with E-state index < -0.39 is 0 Å². The van der Waals surface area contributed by atoms with E-state index in [1.807, 2.05) is 48.5 Å². The van der Waals surface area contributed by atoms with Crippen molar-refractivity contribution in [3.05, 3.63) is 64.4 Å². The average Bonchev–Trinajstić information content (AvgIpc) is 3.16. The summed E-state index contributed by atoms with van der Waals surface area (Å²) in [6, 6.07) is 15.1. The first kappa shape index (κ1) is 24.8. The number of thioether (sulfide) groups is 1. The number of hydrogen-bond acceptors (Lipinski definition) is 6. The fourth-order valence-electron chi connectivity index (χ4n) is 2.81. The molecule has 174 valence electrons. The molecule has 3 rings (SSSR count). The highest BCUT2D eigenvalue weighted by Gasteiger charge is 2.13. The van der Waals surface area contributed by atoms with Crippen LogP contribution in [0.2, 0.25) is 0 Å². The van der Waals surface area contributed by atoms with Gasteiger partial charge >= 0.3 is 0 Å². The molecule has 8 nitrogen and oxygen atoms in total. The van der Waals surface area contributed by atoms with Crippen LogP contribution >= 0.6 is 27.7 Å². The third kappa shape index (κ3) is 7.61. The van der Waals surface area contributed by atoms with E-state index in [0.29, 0.717) is 22.6 Å². The SMILES string of the molecule is CC(C)c1ccc(OCC(=O)NCc2nnc(SCC(=O)Nc3ccc(Br)cc3)n2C)cc1. The molecule has 0 radical (unpaired) electrons. The Kier molecular flexibility index (Phi) is 8.90. The van der Waals surface area contributed by atoms with Crippen molar-refractivity contribution >= 4 is 45.2 Å². The number of nitrogens with one attached hydrogen (secondary N) is 2. The van der Waals surface area contributed by atoms with Crippen molar-refractivity contribution in [2.45, 2.75) is 31.5 Å². The highest BCUT2D eigenvalue weighted by molar-refractivity contribution is 9.10. The third-order valence-electron chi connectivity index (χ3n) is 4.75. The van der Waals surface area contributed by atoms with Gasteiger partial charge in [-0.25, -0.2) is 0 Å². The molecule has 2 aromatic carbocycles. The summed E-state index contributed by atoms with van der Waals surface area (Å²) in [6.07, 6.45) is 0. The minimum atomic E-state index is -0.256. The maximum absolute atomic E-state index is 12.2. The number of aromatic nitrogens is 3. The van der Waals surface area contributed by atoms with Gasteiger partial charge in [-0.05, 0) is 47.9 Å². The molecule has 0 aliphatic heterocycles. The second kappa shape index (κ2) is 11.9. The number of nitrogens with zero attached hydrogens (tertiary/aromatic N) is 3. The predicted octanol–water partition coefficient (Wildman–Crippen LogP) is 4.13. The quantitative estimate of drug-likeness (QED) is 0.381. The van der Waals surface area contributed by atoms with E-state index in [-0.39, 0.29) is 30.7 Å². The maximum Gasteiger partial charge on any atom is 0.258 e. The summed E-state index contributed by atoms with van der Waals surface area (Å²) in [5.41, 5.74) is 1.94. The normalized spacial score (nSPS) is 10.8. The van der Waals surface area contributed by atoms with Crippen LogP contribution in [-0.4, -0.2) is 38.9 Å². The van der Waals surface area contributed by atoms with Crippen LogP contribution in [0.4, 0.5) is 5.69 Å². The molecule has 10 heteroatoms. The Balaban J connectivity index is 1.42. The van der Waals surface area contributed by atoms with E-state index in [0.717, 1.165) is 10.2 Å². The zero-order valence-electron chi connectivity index (χ0n) is 18.7. The first-order chi connectivity index (χ1) is 15.8. The highest BCUT2D eigenvalue weighted by atomic mass is 79.9. The fourth-order valence-corrected chi connectivity index (χ4v) is 3.81. The second-order valence-electron chi connectivity index (χ2n) is 7.59. The molecule has 0 saturated heterocycles. The number of benzene rings is 2. The van der Waals surface area contributed by atoms with Gasteiger partial charge < -0.3 is 19.9 Å². The van der Waals surface area contributed by atoms with Crippen molar-refractivity contribution in [1.82, 2.24) is 20.1 Å². The molecule has 0 atom stereocenters. The van der Waals surface area contributed by atoms with Crippen molar-refractivity contribution in [1.29, 1.82) is 0 Å². The van der Waals surface area contributed by atoms with Gasteiger partial charge in [-0.3, -0.25) is 9.59 Å². The van der Waals surface area contributed by atoms with Crippen LogP contribution in [0.15, 0.2) is 58.2 Å². The smallest absolute Gasteiger partial charge is 0.258 e.